The Kier molecular flexibility index (Phi) is 4.56. The molecule has 7 nitrogen and oxygen atoms in total. The number of fused-ring (bicyclic) bond motifs is 1. The van der Waals surface area contributed by atoms with Crippen molar-refractivity contribution in [3.05, 3.63) is 60.0 Å². The Morgan fingerprint density at radius 1 is 1.07 bits per heavy atom. The summed E-state index contributed by atoms with van der Waals surface area (Å²) in [5.74, 6) is -1.93. The second-order valence-corrected chi connectivity index (χ2v) is 8.29. The highest BCUT2D eigenvalue weighted by Gasteiger charge is 2.28. The summed E-state index contributed by atoms with van der Waals surface area (Å²) in [6.07, 6.45) is 0. The van der Waals surface area contributed by atoms with E-state index < -0.39 is 21.8 Å². The third-order valence-corrected chi connectivity index (χ3v) is 6.55. The van der Waals surface area contributed by atoms with Crippen molar-refractivity contribution >= 4 is 32.6 Å². The lowest BCUT2D eigenvalue weighted by molar-refractivity contribution is 0.0689. The molecule has 0 saturated carbocycles. The number of halogens is 1. The highest BCUT2D eigenvalue weighted by molar-refractivity contribution is 7.90. The highest BCUT2D eigenvalue weighted by Crippen LogP contribution is 2.33. The number of rotatable bonds is 4. The van der Waals surface area contributed by atoms with E-state index in [4.69, 9.17) is 0 Å². The maximum absolute atomic E-state index is 13.2. The van der Waals surface area contributed by atoms with Crippen LogP contribution < -0.4 is 10.2 Å². The first-order chi connectivity index (χ1) is 13.4. The predicted molar refractivity (Wildman–Crippen MR) is 103 cm³/mol. The van der Waals surface area contributed by atoms with E-state index in [-0.39, 0.29) is 16.1 Å². The fourth-order valence-electron chi connectivity index (χ4n) is 3.49. The number of hydrogen-bond donors (Lipinski definition) is 2. The number of carboxylic acids is 1. The number of carboxylic acid groups (broad SMARTS) is 1. The Balaban J connectivity index is 1.96. The van der Waals surface area contributed by atoms with Crippen molar-refractivity contribution in [2.75, 3.05) is 31.1 Å². The first kappa shape index (κ1) is 18.5. The van der Waals surface area contributed by atoms with E-state index in [0.29, 0.717) is 5.39 Å². The molecule has 1 aliphatic rings. The topological polar surface area (TPSA) is 91.6 Å². The summed E-state index contributed by atoms with van der Waals surface area (Å²) < 4.78 is 40.4. The van der Waals surface area contributed by atoms with Crippen molar-refractivity contribution in [1.29, 1.82) is 0 Å². The second kappa shape index (κ2) is 6.92. The minimum atomic E-state index is -4.22. The summed E-state index contributed by atoms with van der Waals surface area (Å²) in [6, 6.07) is 10.8. The lowest BCUT2D eigenvalue weighted by atomic mass is 10.1. The van der Waals surface area contributed by atoms with Crippen molar-refractivity contribution in [3.8, 4) is 0 Å². The number of nitrogens with zero attached hydrogens (tertiary/aromatic N) is 2. The molecule has 0 amide bonds. The van der Waals surface area contributed by atoms with Crippen molar-refractivity contribution in [3.63, 3.8) is 0 Å². The summed E-state index contributed by atoms with van der Waals surface area (Å²) >= 11 is 0. The standard InChI is InChI=1S/C19H18FN3O4S/c20-13-4-6-14(7-5-13)28(26,27)23-17-3-1-2-16(22-10-8-21-9-11-22)15(17)12-18(23)19(24)25/h1-7,12,21H,8-11H2,(H,24,25). The third kappa shape index (κ3) is 3.02. The monoisotopic (exact) mass is 403 g/mol. The van der Waals surface area contributed by atoms with Gasteiger partial charge < -0.3 is 15.3 Å². The van der Waals surface area contributed by atoms with E-state index in [1.54, 1.807) is 12.1 Å². The predicted octanol–water partition coefficient (Wildman–Crippen LogP) is 2.13. The number of hydrogen-bond acceptors (Lipinski definition) is 5. The molecule has 0 unspecified atom stereocenters. The van der Waals surface area contributed by atoms with Gasteiger partial charge in [0.15, 0.2) is 0 Å². The molecule has 1 aromatic heterocycles. The van der Waals surface area contributed by atoms with Crippen LogP contribution in [0.3, 0.4) is 0 Å². The summed E-state index contributed by atoms with van der Waals surface area (Å²) in [7, 11) is -4.22. The Bertz CT molecular complexity index is 1150. The zero-order chi connectivity index (χ0) is 19.9. The van der Waals surface area contributed by atoms with Crippen LogP contribution in [-0.4, -0.2) is 49.6 Å². The van der Waals surface area contributed by atoms with Crippen LogP contribution in [0, 0.1) is 5.82 Å². The smallest absolute Gasteiger partial charge is 0.353 e. The summed E-state index contributed by atoms with van der Waals surface area (Å²) in [6.45, 7) is 3.04. The largest absolute Gasteiger partial charge is 0.477 e. The van der Waals surface area contributed by atoms with E-state index >= 15 is 0 Å². The average Bonchev–Trinajstić information content (AvgIpc) is 3.10. The Labute approximate surface area is 161 Å². The Morgan fingerprint density at radius 3 is 2.39 bits per heavy atom. The maximum atomic E-state index is 13.2. The summed E-state index contributed by atoms with van der Waals surface area (Å²) in [5.41, 5.74) is 0.703. The molecule has 1 saturated heterocycles. The maximum Gasteiger partial charge on any atom is 0.353 e. The van der Waals surface area contributed by atoms with Gasteiger partial charge in [0.25, 0.3) is 10.0 Å². The molecule has 1 aliphatic heterocycles. The third-order valence-electron chi connectivity index (χ3n) is 4.81. The van der Waals surface area contributed by atoms with E-state index in [0.717, 1.165) is 60.1 Å². The van der Waals surface area contributed by atoms with Gasteiger partial charge in [-0.15, -0.1) is 0 Å². The molecule has 0 radical (unpaired) electrons. The van der Waals surface area contributed by atoms with E-state index in [1.165, 1.54) is 6.07 Å². The molecule has 146 valence electrons. The van der Waals surface area contributed by atoms with Gasteiger partial charge in [0, 0.05) is 37.3 Å². The SMILES string of the molecule is O=C(O)c1cc2c(N3CCNCC3)cccc2n1S(=O)(=O)c1ccc(F)cc1. The van der Waals surface area contributed by atoms with Gasteiger partial charge in [-0.25, -0.2) is 21.6 Å². The molecular formula is C19H18FN3O4S. The number of nitrogens with one attached hydrogen (secondary N) is 1. The average molecular weight is 403 g/mol. The molecule has 3 aromatic rings. The highest BCUT2D eigenvalue weighted by atomic mass is 32.2. The fraction of sp³-hybridized carbons (Fsp3) is 0.211. The van der Waals surface area contributed by atoms with Gasteiger partial charge in [-0.3, -0.25) is 0 Å². The minimum absolute atomic E-state index is 0.179. The molecule has 0 spiro atoms. The van der Waals surface area contributed by atoms with Crippen LogP contribution in [0.4, 0.5) is 10.1 Å². The van der Waals surface area contributed by atoms with Gasteiger partial charge in [-0.05, 0) is 42.5 Å². The first-order valence-electron chi connectivity index (χ1n) is 8.74. The molecule has 1 fully saturated rings. The van der Waals surface area contributed by atoms with Crippen molar-refractivity contribution < 1.29 is 22.7 Å². The molecule has 0 aliphatic carbocycles. The quantitative estimate of drug-likeness (QED) is 0.694. The number of piperazine rings is 1. The lowest BCUT2D eigenvalue weighted by Crippen LogP contribution is -2.43. The zero-order valence-electron chi connectivity index (χ0n) is 14.8. The number of carbonyl (C=O) groups is 1. The van der Waals surface area contributed by atoms with Crippen molar-refractivity contribution in [1.82, 2.24) is 9.29 Å². The van der Waals surface area contributed by atoms with E-state index in [9.17, 15) is 22.7 Å². The van der Waals surface area contributed by atoms with Crippen LogP contribution in [0.1, 0.15) is 10.5 Å². The molecule has 4 rings (SSSR count). The minimum Gasteiger partial charge on any atom is -0.477 e. The molecule has 0 bridgehead atoms. The Hall–Kier alpha value is -2.91. The lowest BCUT2D eigenvalue weighted by Gasteiger charge is -2.30. The first-order valence-corrected chi connectivity index (χ1v) is 10.2. The number of aromatic nitrogens is 1. The molecule has 2 N–H and O–H groups in total. The van der Waals surface area contributed by atoms with Gasteiger partial charge in [-0.1, -0.05) is 6.07 Å². The summed E-state index contributed by atoms with van der Waals surface area (Å²) in [5, 5.41) is 13.5. The number of aromatic carboxylic acids is 1. The molecule has 9 heteroatoms. The zero-order valence-corrected chi connectivity index (χ0v) is 15.6. The van der Waals surface area contributed by atoms with Crippen LogP contribution in [0.5, 0.6) is 0 Å². The van der Waals surface area contributed by atoms with Gasteiger partial charge >= 0.3 is 5.97 Å². The normalized spacial score (nSPS) is 15.1. The second-order valence-electron chi connectivity index (χ2n) is 6.51. The molecule has 2 aromatic carbocycles. The van der Waals surface area contributed by atoms with Crippen LogP contribution in [0.2, 0.25) is 0 Å². The van der Waals surface area contributed by atoms with Gasteiger partial charge in [0.05, 0.1) is 10.4 Å². The van der Waals surface area contributed by atoms with Gasteiger partial charge in [-0.2, -0.15) is 0 Å². The number of anilines is 1. The summed E-state index contributed by atoms with van der Waals surface area (Å²) in [4.78, 5) is 13.8. The van der Waals surface area contributed by atoms with Crippen LogP contribution in [0.25, 0.3) is 10.9 Å². The Morgan fingerprint density at radius 2 is 1.75 bits per heavy atom. The van der Waals surface area contributed by atoms with Crippen molar-refractivity contribution in [2.24, 2.45) is 0 Å². The van der Waals surface area contributed by atoms with Crippen LogP contribution in [-0.2, 0) is 10.0 Å². The molecule has 2 heterocycles. The number of benzene rings is 2. The van der Waals surface area contributed by atoms with Crippen LogP contribution in [0.15, 0.2) is 53.4 Å². The molecular weight excluding hydrogens is 385 g/mol. The molecule has 0 atom stereocenters. The molecule has 28 heavy (non-hydrogen) atoms. The fourth-order valence-corrected chi connectivity index (χ4v) is 4.99. The van der Waals surface area contributed by atoms with Crippen molar-refractivity contribution in [2.45, 2.75) is 4.90 Å². The van der Waals surface area contributed by atoms with Gasteiger partial charge in [0.2, 0.25) is 0 Å². The van der Waals surface area contributed by atoms with E-state index in [2.05, 4.69) is 10.2 Å². The van der Waals surface area contributed by atoms with Gasteiger partial charge in [0.1, 0.15) is 11.5 Å². The van der Waals surface area contributed by atoms with E-state index in [1.807, 2.05) is 6.07 Å². The van der Waals surface area contributed by atoms with Crippen LogP contribution >= 0.6 is 0 Å².